The summed E-state index contributed by atoms with van der Waals surface area (Å²) in [4.78, 5) is 6.95. The second-order valence-corrected chi connectivity index (χ2v) is 7.07. The fourth-order valence-corrected chi connectivity index (χ4v) is 3.07. The molecular weight excluding hydrogens is 364 g/mol. The lowest BCUT2D eigenvalue weighted by Crippen LogP contribution is -2.38. The standard InChI is InChI=1S/C23H34N4O2/c1-6-24-23(26-16-19-9-7-8-10-20(19)17-27(2)3)25-14-13-18-11-12-21(28-4)22(15-18)29-5/h7-12,15H,6,13-14,16-17H2,1-5H3,(H2,24,25,26). The predicted molar refractivity (Wildman–Crippen MR) is 120 cm³/mol. The van der Waals surface area contributed by atoms with Gasteiger partial charge in [-0.15, -0.1) is 0 Å². The maximum Gasteiger partial charge on any atom is 0.191 e. The first kappa shape index (κ1) is 22.6. The zero-order valence-electron chi connectivity index (χ0n) is 18.3. The average molecular weight is 399 g/mol. The van der Waals surface area contributed by atoms with Crippen molar-refractivity contribution in [1.82, 2.24) is 15.5 Å². The van der Waals surface area contributed by atoms with E-state index in [1.54, 1.807) is 14.2 Å². The van der Waals surface area contributed by atoms with Gasteiger partial charge >= 0.3 is 0 Å². The highest BCUT2D eigenvalue weighted by Crippen LogP contribution is 2.27. The normalized spacial score (nSPS) is 11.4. The van der Waals surface area contributed by atoms with E-state index in [2.05, 4.69) is 66.9 Å². The SMILES string of the molecule is CCNC(=NCc1ccccc1CN(C)C)NCCc1ccc(OC)c(OC)c1. The zero-order chi connectivity index (χ0) is 21.1. The Bertz CT molecular complexity index is 790. The lowest BCUT2D eigenvalue weighted by molar-refractivity contribution is 0.354. The van der Waals surface area contributed by atoms with Crippen LogP contribution in [0, 0.1) is 0 Å². The molecule has 0 aliphatic carbocycles. The van der Waals surface area contributed by atoms with Crippen molar-refractivity contribution in [1.29, 1.82) is 0 Å². The number of benzene rings is 2. The van der Waals surface area contributed by atoms with Gasteiger partial charge in [-0.25, -0.2) is 4.99 Å². The van der Waals surface area contributed by atoms with E-state index in [0.29, 0.717) is 6.54 Å². The monoisotopic (exact) mass is 398 g/mol. The molecule has 0 aliphatic rings. The van der Waals surface area contributed by atoms with Crippen LogP contribution in [0.1, 0.15) is 23.6 Å². The Morgan fingerprint density at radius 2 is 1.69 bits per heavy atom. The number of ether oxygens (including phenoxy) is 2. The van der Waals surface area contributed by atoms with Gasteiger partial charge in [0.15, 0.2) is 17.5 Å². The highest BCUT2D eigenvalue weighted by molar-refractivity contribution is 5.79. The molecule has 0 saturated carbocycles. The number of hydrogen-bond acceptors (Lipinski definition) is 4. The van der Waals surface area contributed by atoms with Gasteiger partial charge in [0, 0.05) is 19.6 Å². The van der Waals surface area contributed by atoms with Gasteiger partial charge in [-0.05, 0) is 56.3 Å². The van der Waals surface area contributed by atoms with E-state index in [0.717, 1.165) is 43.5 Å². The van der Waals surface area contributed by atoms with Gasteiger partial charge < -0.3 is 25.0 Å². The molecule has 0 saturated heterocycles. The van der Waals surface area contributed by atoms with Crippen molar-refractivity contribution in [2.75, 3.05) is 41.4 Å². The Hall–Kier alpha value is -2.73. The Morgan fingerprint density at radius 1 is 0.966 bits per heavy atom. The maximum atomic E-state index is 5.38. The van der Waals surface area contributed by atoms with E-state index in [-0.39, 0.29) is 0 Å². The summed E-state index contributed by atoms with van der Waals surface area (Å²) in [5.41, 5.74) is 3.74. The first-order chi connectivity index (χ1) is 14.1. The molecule has 0 fully saturated rings. The molecule has 0 spiro atoms. The smallest absolute Gasteiger partial charge is 0.191 e. The molecule has 6 nitrogen and oxygen atoms in total. The lowest BCUT2D eigenvalue weighted by Gasteiger charge is -2.15. The summed E-state index contributed by atoms with van der Waals surface area (Å²) in [6.07, 6.45) is 0.863. The van der Waals surface area contributed by atoms with Crippen LogP contribution in [0.2, 0.25) is 0 Å². The summed E-state index contributed by atoms with van der Waals surface area (Å²) in [5, 5.41) is 6.75. The van der Waals surface area contributed by atoms with Gasteiger partial charge in [0.1, 0.15) is 0 Å². The third kappa shape index (κ3) is 7.31. The molecule has 0 amide bonds. The molecule has 2 aromatic carbocycles. The van der Waals surface area contributed by atoms with Crippen molar-refractivity contribution in [3.63, 3.8) is 0 Å². The molecule has 6 heteroatoms. The summed E-state index contributed by atoms with van der Waals surface area (Å²) in [7, 11) is 7.47. The van der Waals surface area contributed by atoms with Crippen molar-refractivity contribution < 1.29 is 9.47 Å². The van der Waals surface area contributed by atoms with E-state index >= 15 is 0 Å². The van der Waals surface area contributed by atoms with Crippen molar-refractivity contribution in [3.05, 3.63) is 59.2 Å². The Kier molecular flexibility index (Phi) is 9.31. The van der Waals surface area contributed by atoms with Crippen LogP contribution in [0.4, 0.5) is 0 Å². The van der Waals surface area contributed by atoms with Crippen LogP contribution >= 0.6 is 0 Å². The first-order valence-electron chi connectivity index (χ1n) is 10.0. The van der Waals surface area contributed by atoms with Crippen LogP contribution in [0.25, 0.3) is 0 Å². The molecule has 2 N–H and O–H groups in total. The zero-order valence-corrected chi connectivity index (χ0v) is 18.3. The third-order valence-electron chi connectivity index (χ3n) is 4.51. The molecule has 0 radical (unpaired) electrons. The number of nitrogens with zero attached hydrogens (tertiary/aromatic N) is 2. The molecule has 158 valence electrons. The van der Waals surface area contributed by atoms with Crippen molar-refractivity contribution in [2.24, 2.45) is 4.99 Å². The highest BCUT2D eigenvalue weighted by atomic mass is 16.5. The summed E-state index contributed by atoms with van der Waals surface area (Å²) in [6.45, 7) is 5.23. The average Bonchev–Trinajstić information content (AvgIpc) is 2.72. The van der Waals surface area contributed by atoms with Gasteiger partial charge in [0.2, 0.25) is 0 Å². The van der Waals surface area contributed by atoms with Crippen molar-refractivity contribution in [2.45, 2.75) is 26.4 Å². The lowest BCUT2D eigenvalue weighted by atomic mass is 10.1. The molecule has 0 unspecified atom stereocenters. The van der Waals surface area contributed by atoms with Crippen LogP contribution in [0.3, 0.4) is 0 Å². The van der Waals surface area contributed by atoms with Crippen molar-refractivity contribution >= 4 is 5.96 Å². The van der Waals surface area contributed by atoms with Gasteiger partial charge in [0.05, 0.1) is 20.8 Å². The predicted octanol–water partition coefficient (Wildman–Crippen LogP) is 3.06. The number of nitrogens with one attached hydrogen (secondary N) is 2. The molecule has 0 aliphatic heterocycles. The molecule has 0 aromatic heterocycles. The molecule has 29 heavy (non-hydrogen) atoms. The maximum absolute atomic E-state index is 5.38. The fourth-order valence-electron chi connectivity index (χ4n) is 3.07. The Balaban J connectivity index is 1.98. The van der Waals surface area contributed by atoms with E-state index in [9.17, 15) is 0 Å². The van der Waals surface area contributed by atoms with Crippen LogP contribution < -0.4 is 20.1 Å². The van der Waals surface area contributed by atoms with E-state index in [1.165, 1.54) is 16.7 Å². The van der Waals surface area contributed by atoms with Gasteiger partial charge in [-0.2, -0.15) is 0 Å². The minimum Gasteiger partial charge on any atom is -0.493 e. The number of aliphatic imine (C=N–C) groups is 1. The minimum absolute atomic E-state index is 0.649. The molecular formula is C23H34N4O2. The topological polar surface area (TPSA) is 58.1 Å². The van der Waals surface area contributed by atoms with Crippen LogP contribution in [-0.2, 0) is 19.5 Å². The molecule has 2 rings (SSSR count). The summed E-state index contributed by atoms with van der Waals surface area (Å²) in [6, 6.07) is 14.5. The summed E-state index contributed by atoms with van der Waals surface area (Å²) < 4.78 is 10.7. The van der Waals surface area contributed by atoms with Crippen LogP contribution in [-0.4, -0.2) is 52.3 Å². The number of guanidine groups is 1. The highest BCUT2D eigenvalue weighted by Gasteiger charge is 2.06. The van der Waals surface area contributed by atoms with Crippen LogP contribution in [0.5, 0.6) is 11.5 Å². The quantitative estimate of drug-likeness (QED) is 0.476. The minimum atomic E-state index is 0.649. The summed E-state index contributed by atoms with van der Waals surface area (Å²) in [5.74, 6) is 2.33. The molecule has 0 bridgehead atoms. The van der Waals surface area contributed by atoms with Gasteiger partial charge in [0.25, 0.3) is 0 Å². The van der Waals surface area contributed by atoms with Gasteiger partial charge in [-0.1, -0.05) is 30.3 Å². The Morgan fingerprint density at radius 3 is 2.34 bits per heavy atom. The van der Waals surface area contributed by atoms with Gasteiger partial charge in [-0.3, -0.25) is 0 Å². The van der Waals surface area contributed by atoms with Crippen molar-refractivity contribution in [3.8, 4) is 11.5 Å². The molecule has 0 heterocycles. The Labute approximate surface area is 174 Å². The molecule has 0 atom stereocenters. The first-order valence-corrected chi connectivity index (χ1v) is 10.0. The van der Waals surface area contributed by atoms with E-state index in [1.807, 2.05) is 12.1 Å². The fraction of sp³-hybridized carbons (Fsp3) is 0.435. The number of rotatable bonds is 10. The van der Waals surface area contributed by atoms with Crippen LogP contribution in [0.15, 0.2) is 47.5 Å². The second kappa shape index (κ2) is 12.0. The van der Waals surface area contributed by atoms with E-state index in [4.69, 9.17) is 14.5 Å². The number of hydrogen-bond donors (Lipinski definition) is 2. The number of methoxy groups -OCH3 is 2. The largest absolute Gasteiger partial charge is 0.493 e. The second-order valence-electron chi connectivity index (χ2n) is 7.07. The summed E-state index contributed by atoms with van der Waals surface area (Å²) >= 11 is 0. The third-order valence-corrected chi connectivity index (χ3v) is 4.51. The van der Waals surface area contributed by atoms with E-state index < -0.39 is 0 Å². The molecule has 2 aromatic rings.